The van der Waals surface area contributed by atoms with Gasteiger partial charge < -0.3 is 15.6 Å². The van der Waals surface area contributed by atoms with Crippen LogP contribution in [-0.2, 0) is 0 Å². The fourth-order valence-electron chi connectivity index (χ4n) is 1.49. The van der Waals surface area contributed by atoms with Gasteiger partial charge in [-0.2, -0.15) is 9.49 Å². The second kappa shape index (κ2) is 4.14. The summed E-state index contributed by atoms with van der Waals surface area (Å²) >= 11 is 5.83. The molecule has 0 amide bonds. The van der Waals surface area contributed by atoms with Crippen molar-refractivity contribution in [2.24, 2.45) is 0 Å². The second-order valence-electron chi connectivity index (χ2n) is 3.30. The maximum absolute atomic E-state index is 13.7. The van der Waals surface area contributed by atoms with Gasteiger partial charge in [-0.3, -0.25) is 5.10 Å². The van der Waals surface area contributed by atoms with Gasteiger partial charge in [-0.15, -0.1) is 0 Å². The summed E-state index contributed by atoms with van der Waals surface area (Å²) < 4.78 is 18.5. The number of anilines is 1. The van der Waals surface area contributed by atoms with Gasteiger partial charge in [0.15, 0.2) is 11.5 Å². The highest BCUT2D eigenvalue weighted by Crippen LogP contribution is 2.42. The van der Waals surface area contributed by atoms with Crippen molar-refractivity contribution in [2.45, 2.75) is 0 Å². The van der Waals surface area contributed by atoms with Gasteiger partial charge >= 0.3 is 0 Å². The molecule has 0 aliphatic heterocycles. The van der Waals surface area contributed by atoms with Gasteiger partial charge in [-0.1, -0.05) is 11.6 Å². The fourth-order valence-corrected chi connectivity index (χ4v) is 1.76. The molecule has 0 saturated carbocycles. The van der Waals surface area contributed by atoms with Crippen LogP contribution in [0, 0.1) is 5.82 Å². The highest BCUT2D eigenvalue weighted by atomic mass is 35.5. The van der Waals surface area contributed by atoms with Crippen molar-refractivity contribution in [3.05, 3.63) is 23.1 Å². The molecule has 2 rings (SSSR count). The molecule has 17 heavy (non-hydrogen) atoms. The molecule has 1 aromatic carbocycles. The lowest BCUT2D eigenvalue weighted by Gasteiger charge is -2.10. The lowest BCUT2D eigenvalue weighted by Crippen LogP contribution is -1.93. The predicted molar refractivity (Wildman–Crippen MR) is 61.6 cm³/mol. The molecular weight excluding hydrogens is 249 g/mol. The first-order chi connectivity index (χ1) is 8.06. The highest BCUT2D eigenvalue weighted by molar-refractivity contribution is 6.32. The molecule has 0 radical (unpaired) electrons. The number of phenols is 1. The number of ether oxygens (including phenoxy) is 1. The number of H-pyrrole nitrogens is 1. The van der Waals surface area contributed by atoms with E-state index in [1.165, 1.54) is 19.4 Å². The molecule has 0 bridgehead atoms. The Morgan fingerprint density at radius 3 is 2.76 bits per heavy atom. The zero-order chi connectivity index (χ0) is 12.6. The van der Waals surface area contributed by atoms with E-state index in [9.17, 15) is 9.50 Å². The van der Waals surface area contributed by atoms with Crippen LogP contribution in [0.2, 0.25) is 5.02 Å². The van der Waals surface area contributed by atoms with Crippen LogP contribution in [0.25, 0.3) is 11.1 Å². The molecule has 1 heterocycles. The van der Waals surface area contributed by atoms with E-state index in [1.54, 1.807) is 0 Å². The van der Waals surface area contributed by atoms with Crippen molar-refractivity contribution in [1.82, 2.24) is 10.2 Å². The van der Waals surface area contributed by atoms with Crippen LogP contribution in [0.1, 0.15) is 0 Å². The van der Waals surface area contributed by atoms with Crippen molar-refractivity contribution < 1.29 is 14.2 Å². The number of aromatic amines is 1. The first-order valence-electron chi connectivity index (χ1n) is 4.60. The second-order valence-corrected chi connectivity index (χ2v) is 3.71. The highest BCUT2D eigenvalue weighted by Gasteiger charge is 2.20. The fraction of sp³-hybridized carbons (Fsp3) is 0.100. The van der Waals surface area contributed by atoms with Gasteiger partial charge in [0.05, 0.1) is 18.3 Å². The van der Waals surface area contributed by atoms with Gasteiger partial charge in [0.1, 0.15) is 5.82 Å². The van der Waals surface area contributed by atoms with Crippen molar-refractivity contribution in [3.8, 4) is 22.6 Å². The smallest absolute Gasteiger partial charge is 0.208 e. The van der Waals surface area contributed by atoms with Crippen molar-refractivity contribution in [1.29, 1.82) is 0 Å². The summed E-state index contributed by atoms with van der Waals surface area (Å²) in [6.45, 7) is 0. The normalized spacial score (nSPS) is 10.5. The third-order valence-corrected chi connectivity index (χ3v) is 2.59. The lowest BCUT2D eigenvalue weighted by atomic mass is 10.1. The number of methoxy groups -OCH3 is 1. The minimum absolute atomic E-state index is 0.0402. The monoisotopic (exact) mass is 257 g/mol. The van der Waals surface area contributed by atoms with Gasteiger partial charge in [-0.05, 0) is 6.07 Å². The molecule has 2 aromatic rings. The van der Waals surface area contributed by atoms with Gasteiger partial charge in [0.25, 0.3) is 0 Å². The van der Waals surface area contributed by atoms with Crippen LogP contribution >= 0.6 is 11.6 Å². The summed E-state index contributed by atoms with van der Waals surface area (Å²) in [4.78, 5) is 0. The molecule has 0 unspecified atom stereocenters. The molecule has 7 heteroatoms. The molecular formula is C10H9ClFN3O2. The van der Waals surface area contributed by atoms with Crippen LogP contribution < -0.4 is 10.5 Å². The van der Waals surface area contributed by atoms with Crippen molar-refractivity contribution in [3.63, 3.8) is 0 Å². The number of nitrogens with zero attached hydrogens (tertiary/aromatic N) is 1. The number of nitrogens with two attached hydrogens (primary N) is 1. The molecule has 0 saturated heterocycles. The van der Waals surface area contributed by atoms with Crippen LogP contribution in [0.4, 0.5) is 10.2 Å². The van der Waals surface area contributed by atoms with Gasteiger partial charge in [0.2, 0.25) is 5.82 Å². The SMILES string of the molecule is COc1c(Cl)cc(-c2cn[nH]c2N)c(O)c1F. The number of nitrogen functional groups attached to an aromatic ring is 1. The number of aromatic nitrogens is 2. The van der Waals surface area contributed by atoms with Gasteiger partial charge in [0, 0.05) is 11.1 Å². The number of halogens is 2. The van der Waals surface area contributed by atoms with E-state index in [4.69, 9.17) is 22.1 Å². The predicted octanol–water partition coefficient (Wildman–Crippen LogP) is 2.17. The number of phenolic OH excluding ortho intramolecular Hbond substituents is 1. The Morgan fingerprint density at radius 2 is 2.24 bits per heavy atom. The standard InChI is InChI=1S/C10H9ClFN3O2/c1-17-9-6(11)2-4(8(16)7(9)12)5-3-14-15-10(5)13/h2-3,16H,1H3,(H3,13,14,15). The maximum atomic E-state index is 13.7. The van der Waals surface area contributed by atoms with Gasteiger partial charge in [-0.25, -0.2) is 0 Å². The van der Waals surface area contributed by atoms with Crippen LogP contribution in [0.5, 0.6) is 11.5 Å². The summed E-state index contributed by atoms with van der Waals surface area (Å²) in [5, 5.41) is 15.9. The Bertz CT molecular complexity index is 571. The zero-order valence-electron chi connectivity index (χ0n) is 8.79. The molecule has 0 aliphatic rings. The minimum Gasteiger partial charge on any atom is -0.504 e. The van der Waals surface area contributed by atoms with Crippen molar-refractivity contribution >= 4 is 17.4 Å². The van der Waals surface area contributed by atoms with E-state index in [1.807, 2.05) is 0 Å². The van der Waals surface area contributed by atoms with Crippen LogP contribution in [0.3, 0.4) is 0 Å². The van der Waals surface area contributed by atoms with E-state index >= 15 is 0 Å². The topological polar surface area (TPSA) is 84.2 Å². The maximum Gasteiger partial charge on any atom is 0.208 e. The number of benzene rings is 1. The Kier molecular flexibility index (Phi) is 2.81. The molecule has 4 N–H and O–H groups in total. The zero-order valence-corrected chi connectivity index (χ0v) is 9.55. The summed E-state index contributed by atoms with van der Waals surface area (Å²) in [5.41, 5.74) is 6.11. The third-order valence-electron chi connectivity index (χ3n) is 2.31. The lowest BCUT2D eigenvalue weighted by molar-refractivity contribution is 0.365. The molecule has 0 atom stereocenters. The number of nitrogens with one attached hydrogen (secondary N) is 1. The number of rotatable bonds is 2. The summed E-state index contributed by atoms with van der Waals surface area (Å²) in [6.07, 6.45) is 1.37. The Hall–Kier alpha value is -1.95. The molecule has 90 valence electrons. The Morgan fingerprint density at radius 1 is 1.53 bits per heavy atom. The quantitative estimate of drug-likeness (QED) is 0.770. The van der Waals surface area contributed by atoms with E-state index < -0.39 is 11.6 Å². The molecule has 1 aromatic heterocycles. The average molecular weight is 258 g/mol. The first kappa shape index (κ1) is 11.5. The van der Waals surface area contributed by atoms with E-state index in [0.717, 1.165) is 0 Å². The molecule has 0 fully saturated rings. The Labute approximate surface area is 101 Å². The first-order valence-corrected chi connectivity index (χ1v) is 4.98. The van der Waals surface area contributed by atoms with Crippen molar-refractivity contribution in [2.75, 3.05) is 12.8 Å². The number of hydrogen-bond donors (Lipinski definition) is 3. The minimum atomic E-state index is -0.935. The average Bonchev–Trinajstić information content (AvgIpc) is 2.71. The number of aromatic hydroxyl groups is 1. The van der Waals surface area contributed by atoms with E-state index in [0.29, 0.717) is 5.56 Å². The Balaban J connectivity index is 2.69. The summed E-state index contributed by atoms with van der Waals surface area (Å²) in [5.74, 6) is -1.52. The largest absolute Gasteiger partial charge is 0.504 e. The summed E-state index contributed by atoms with van der Waals surface area (Å²) in [7, 11) is 1.26. The molecule has 0 aliphatic carbocycles. The van der Waals surface area contributed by atoms with Crippen LogP contribution in [0.15, 0.2) is 12.3 Å². The molecule has 0 spiro atoms. The molecule has 5 nitrogen and oxygen atoms in total. The van der Waals surface area contributed by atoms with Crippen LogP contribution in [-0.4, -0.2) is 22.4 Å². The third kappa shape index (κ3) is 1.76. The van der Waals surface area contributed by atoms with E-state index in [2.05, 4.69) is 10.2 Å². The number of hydrogen-bond acceptors (Lipinski definition) is 4. The summed E-state index contributed by atoms with van der Waals surface area (Å²) in [6, 6.07) is 1.36. The van der Waals surface area contributed by atoms with E-state index in [-0.39, 0.29) is 22.2 Å².